The number of nitrogens with one attached hydrogen (secondary N) is 1. The Balaban J connectivity index is 1.38. The van der Waals surface area contributed by atoms with Crippen molar-refractivity contribution in [3.05, 3.63) is 18.2 Å². The second-order valence-electron chi connectivity index (χ2n) is 7.34. The number of sulfonamides is 1. The first kappa shape index (κ1) is 20.6. The molecule has 4 rings (SSSR count). The van der Waals surface area contributed by atoms with Gasteiger partial charge in [0.05, 0.1) is 30.9 Å². The lowest BCUT2D eigenvalue weighted by molar-refractivity contribution is -0.126. The summed E-state index contributed by atoms with van der Waals surface area (Å²) in [7, 11) is -3.73. The number of piperidine rings is 1. The van der Waals surface area contributed by atoms with Gasteiger partial charge in [0, 0.05) is 39.3 Å². The number of aromatic nitrogens is 2. The van der Waals surface area contributed by atoms with Crippen molar-refractivity contribution in [3.8, 4) is 0 Å². The second kappa shape index (κ2) is 9.00. The van der Waals surface area contributed by atoms with Crippen LogP contribution in [0.5, 0.6) is 0 Å². The molecule has 1 N–H and O–H groups in total. The quantitative estimate of drug-likeness (QED) is 0.700. The topological polar surface area (TPSA) is 105 Å². The molecule has 0 unspecified atom stereocenters. The van der Waals surface area contributed by atoms with Gasteiger partial charge >= 0.3 is 0 Å². The fraction of sp³-hybridized carbons (Fsp3) is 0.611. The molecule has 2 fully saturated rings. The van der Waals surface area contributed by atoms with Crippen molar-refractivity contribution >= 4 is 38.7 Å². The molecule has 2 aromatic rings. The Morgan fingerprint density at radius 3 is 2.90 bits per heavy atom. The third-order valence-corrected chi connectivity index (χ3v) is 7.89. The Hall–Kier alpha value is -1.66. The van der Waals surface area contributed by atoms with Crippen molar-refractivity contribution in [2.45, 2.75) is 17.7 Å². The van der Waals surface area contributed by atoms with Gasteiger partial charge in [0.15, 0.2) is 0 Å². The summed E-state index contributed by atoms with van der Waals surface area (Å²) in [5.41, 5.74) is 0.972. The van der Waals surface area contributed by atoms with Crippen molar-refractivity contribution in [1.29, 1.82) is 0 Å². The molecule has 2 saturated heterocycles. The average molecular weight is 440 g/mol. The third kappa shape index (κ3) is 4.58. The predicted molar refractivity (Wildman–Crippen MR) is 109 cm³/mol. The van der Waals surface area contributed by atoms with Gasteiger partial charge in [-0.3, -0.25) is 9.69 Å². The molecule has 0 radical (unpaired) electrons. The molecule has 11 heteroatoms. The van der Waals surface area contributed by atoms with Crippen LogP contribution in [0.3, 0.4) is 0 Å². The molecule has 1 aromatic heterocycles. The number of morpholine rings is 1. The first-order valence-electron chi connectivity index (χ1n) is 9.85. The van der Waals surface area contributed by atoms with Crippen LogP contribution in [0.2, 0.25) is 0 Å². The summed E-state index contributed by atoms with van der Waals surface area (Å²) in [6, 6.07) is 4.99. The van der Waals surface area contributed by atoms with Crippen LogP contribution in [0.15, 0.2) is 23.1 Å². The highest BCUT2D eigenvalue weighted by atomic mass is 32.2. The number of carbonyl (C=O) groups is 1. The largest absolute Gasteiger partial charge is 0.379 e. The van der Waals surface area contributed by atoms with Crippen LogP contribution >= 0.6 is 11.7 Å². The van der Waals surface area contributed by atoms with Crippen LogP contribution in [0.1, 0.15) is 12.8 Å². The molecular weight excluding hydrogens is 414 g/mol. The van der Waals surface area contributed by atoms with E-state index in [0.717, 1.165) is 44.6 Å². The molecule has 2 aliphatic heterocycles. The van der Waals surface area contributed by atoms with Gasteiger partial charge in [-0.05, 0) is 25.0 Å². The summed E-state index contributed by atoms with van der Waals surface area (Å²) in [5.74, 6) is -0.414. The van der Waals surface area contributed by atoms with E-state index in [1.54, 1.807) is 18.2 Å². The minimum atomic E-state index is -3.73. The Bertz CT molecular complexity index is 958. The molecule has 158 valence electrons. The number of ether oxygens (including phenoxy) is 1. The number of carbonyl (C=O) groups excluding carboxylic acids is 1. The highest BCUT2D eigenvalue weighted by Crippen LogP contribution is 2.28. The number of hydrogen-bond donors (Lipinski definition) is 1. The molecule has 0 aliphatic carbocycles. The number of amides is 1. The van der Waals surface area contributed by atoms with E-state index >= 15 is 0 Å². The Kier molecular flexibility index (Phi) is 6.40. The number of benzene rings is 1. The van der Waals surface area contributed by atoms with Crippen molar-refractivity contribution in [2.24, 2.45) is 5.92 Å². The maximum atomic E-state index is 13.2. The molecule has 29 heavy (non-hydrogen) atoms. The predicted octanol–water partition coefficient (Wildman–Crippen LogP) is 0.540. The number of nitrogens with zero attached hydrogens (tertiary/aromatic N) is 4. The van der Waals surface area contributed by atoms with Crippen LogP contribution in [0.25, 0.3) is 11.0 Å². The van der Waals surface area contributed by atoms with Gasteiger partial charge in [0.2, 0.25) is 15.9 Å². The Labute approximate surface area is 174 Å². The summed E-state index contributed by atoms with van der Waals surface area (Å²) in [5, 5.41) is 2.97. The monoisotopic (exact) mass is 439 g/mol. The minimum absolute atomic E-state index is 0.0771. The molecule has 2 aliphatic rings. The van der Waals surface area contributed by atoms with Crippen molar-refractivity contribution in [1.82, 2.24) is 23.3 Å². The molecule has 3 heterocycles. The fourth-order valence-electron chi connectivity index (χ4n) is 3.81. The van der Waals surface area contributed by atoms with Gasteiger partial charge in [-0.15, -0.1) is 0 Å². The van der Waals surface area contributed by atoms with Crippen molar-refractivity contribution in [3.63, 3.8) is 0 Å². The first-order valence-corrected chi connectivity index (χ1v) is 12.0. The smallest absolute Gasteiger partial charge is 0.245 e. The Morgan fingerprint density at radius 2 is 2.07 bits per heavy atom. The van der Waals surface area contributed by atoms with E-state index in [2.05, 4.69) is 19.0 Å². The zero-order valence-electron chi connectivity index (χ0n) is 16.1. The van der Waals surface area contributed by atoms with E-state index < -0.39 is 10.0 Å². The second-order valence-corrected chi connectivity index (χ2v) is 9.77. The van der Waals surface area contributed by atoms with E-state index in [-0.39, 0.29) is 23.3 Å². The van der Waals surface area contributed by atoms with E-state index in [9.17, 15) is 13.2 Å². The molecule has 0 spiro atoms. The minimum Gasteiger partial charge on any atom is -0.379 e. The van der Waals surface area contributed by atoms with Crippen molar-refractivity contribution < 1.29 is 17.9 Å². The van der Waals surface area contributed by atoms with E-state index in [1.807, 2.05) is 0 Å². The average Bonchev–Trinajstić information content (AvgIpc) is 3.23. The summed E-state index contributed by atoms with van der Waals surface area (Å²) in [6.07, 6.45) is 1.35. The summed E-state index contributed by atoms with van der Waals surface area (Å²) < 4.78 is 41.4. The van der Waals surface area contributed by atoms with Crippen LogP contribution in [0.4, 0.5) is 0 Å². The van der Waals surface area contributed by atoms with Crippen LogP contribution < -0.4 is 5.32 Å². The maximum absolute atomic E-state index is 13.2. The molecule has 0 saturated carbocycles. The lowest BCUT2D eigenvalue weighted by Gasteiger charge is -2.31. The zero-order valence-corrected chi connectivity index (χ0v) is 17.8. The number of fused-ring (bicyclic) bond motifs is 1. The molecule has 1 amide bonds. The summed E-state index contributed by atoms with van der Waals surface area (Å²) >= 11 is 0.997. The third-order valence-electron chi connectivity index (χ3n) is 5.45. The van der Waals surface area contributed by atoms with E-state index in [1.165, 1.54) is 4.31 Å². The van der Waals surface area contributed by atoms with Gasteiger partial charge in [-0.25, -0.2) is 8.42 Å². The van der Waals surface area contributed by atoms with Crippen LogP contribution in [-0.4, -0.2) is 84.8 Å². The SMILES string of the molecule is O=C(NCCN1CCOCC1)[C@@H]1CCCN(S(=O)(=O)c2cccc3nsnc23)C1. The van der Waals surface area contributed by atoms with E-state index in [4.69, 9.17) is 4.74 Å². The van der Waals surface area contributed by atoms with E-state index in [0.29, 0.717) is 37.0 Å². The molecule has 0 bridgehead atoms. The zero-order chi connectivity index (χ0) is 20.3. The molecule has 9 nitrogen and oxygen atoms in total. The van der Waals surface area contributed by atoms with Gasteiger partial charge in [0.1, 0.15) is 15.9 Å². The highest BCUT2D eigenvalue weighted by molar-refractivity contribution is 7.89. The maximum Gasteiger partial charge on any atom is 0.245 e. The molecule has 1 atom stereocenters. The van der Waals surface area contributed by atoms with Gasteiger partial charge in [-0.1, -0.05) is 6.07 Å². The Morgan fingerprint density at radius 1 is 1.24 bits per heavy atom. The standard InChI is InChI=1S/C18H25N5O4S2/c24-18(19-6-8-22-9-11-27-12-10-22)14-3-2-7-23(13-14)29(25,26)16-5-1-4-15-17(16)21-28-20-15/h1,4-5,14H,2-3,6-13H2,(H,19,24)/t14-/m1/s1. The van der Waals surface area contributed by atoms with Gasteiger partial charge < -0.3 is 10.1 Å². The molecular formula is C18H25N5O4S2. The normalized spacial score (nSPS) is 22.0. The van der Waals surface area contributed by atoms with Crippen LogP contribution in [0, 0.1) is 5.92 Å². The summed E-state index contributed by atoms with van der Waals surface area (Å²) in [6.45, 7) is 5.15. The first-order chi connectivity index (χ1) is 14.1. The summed E-state index contributed by atoms with van der Waals surface area (Å²) in [4.78, 5) is 15.0. The number of hydrogen-bond acceptors (Lipinski definition) is 8. The molecule has 1 aromatic carbocycles. The van der Waals surface area contributed by atoms with Crippen LogP contribution in [-0.2, 0) is 19.6 Å². The van der Waals surface area contributed by atoms with Crippen molar-refractivity contribution in [2.75, 3.05) is 52.5 Å². The lowest BCUT2D eigenvalue weighted by Crippen LogP contribution is -2.47. The lowest BCUT2D eigenvalue weighted by atomic mass is 9.99. The van der Waals surface area contributed by atoms with Gasteiger partial charge in [0.25, 0.3) is 0 Å². The fourth-order valence-corrected chi connectivity index (χ4v) is 6.09. The van der Waals surface area contributed by atoms with Gasteiger partial charge in [-0.2, -0.15) is 13.1 Å². The highest BCUT2D eigenvalue weighted by Gasteiger charge is 2.34. The number of rotatable bonds is 6.